The number of carbonyl (C=O) groups excluding carboxylic acids is 1. The average molecular weight is 578 g/mol. The van der Waals surface area contributed by atoms with Crippen LogP contribution in [0.2, 0.25) is 0 Å². The Morgan fingerprint density at radius 2 is 1.64 bits per heavy atom. The van der Waals surface area contributed by atoms with Crippen molar-refractivity contribution in [2.45, 2.75) is 12.6 Å². The zero-order valence-electron chi connectivity index (χ0n) is 22.7. The van der Waals surface area contributed by atoms with Crippen LogP contribution < -0.4 is 25.0 Å². The van der Waals surface area contributed by atoms with Crippen molar-refractivity contribution < 1.29 is 36.6 Å². The van der Waals surface area contributed by atoms with Crippen molar-refractivity contribution in [1.82, 2.24) is 5.32 Å². The van der Waals surface area contributed by atoms with Gasteiger partial charge in [-0.1, -0.05) is 48.5 Å². The Labute approximate surface area is 238 Å². The number of rotatable bonds is 9. The summed E-state index contributed by atoms with van der Waals surface area (Å²) in [6.07, 6.45) is -4.42. The Hall–Kier alpha value is -4.99. The van der Waals surface area contributed by atoms with Crippen molar-refractivity contribution in [2.24, 2.45) is 0 Å². The number of benzene rings is 4. The maximum absolute atomic E-state index is 14.2. The molecule has 0 radical (unpaired) electrons. The number of ether oxygens (including phenoxy) is 3. The molecule has 5 rings (SSSR count). The zero-order valence-corrected chi connectivity index (χ0v) is 22.7. The number of methoxy groups -OCH3 is 2. The lowest BCUT2D eigenvalue weighted by molar-refractivity contribution is -0.152. The lowest BCUT2D eigenvalue weighted by atomic mass is 9.96. The van der Waals surface area contributed by atoms with Gasteiger partial charge in [-0.05, 0) is 52.6 Å². The van der Waals surface area contributed by atoms with Crippen LogP contribution in [0.3, 0.4) is 0 Å². The second-order valence-corrected chi connectivity index (χ2v) is 9.40. The van der Waals surface area contributed by atoms with Crippen LogP contribution in [0.4, 0.5) is 13.2 Å². The number of carbonyl (C=O) groups is 1. The standard InChI is InChI=1S/C32H26F3NO6/c1-39-25-13-10-19(16-27(25)40-2)14-15-36-28(37)18-41-21-11-12-24-26(17-21)42-31(32(33,34)35)29(30(24)38)23-9-5-7-20-6-3-4-8-22(20)23/h3-13,16-17H,14-15,18H2,1-2H3,(H,36,37). The summed E-state index contributed by atoms with van der Waals surface area (Å²) in [5.41, 5.74) is -0.640. The summed E-state index contributed by atoms with van der Waals surface area (Å²) in [6.45, 7) is -0.0714. The number of hydrogen-bond acceptors (Lipinski definition) is 6. The summed E-state index contributed by atoms with van der Waals surface area (Å²) in [4.78, 5) is 25.8. The van der Waals surface area contributed by atoms with E-state index in [1.807, 2.05) is 12.1 Å². The van der Waals surface area contributed by atoms with E-state index in [4.69, 9.17) is 18.6 Å². The lowest BCUT2D eigenvalue weighted by Gasteiger charge is -2.15. The van der Waals surface area contributed by atoms with Crippen molar-refractivity contribution in [2.75, 3.05) is 27.4 Å². The molecule has 1 heterocycles. The fraction of sp³-hybridized carbons (Fsp3) is 0.188. The van der Waals surface area contributed by atoms with Crippen molar-refractivity contribution >= 4 is 27.6 Å². The maximum Gasteiger partial charge on any atom is 0.450 e. The lowest BCUT2D eigenvalue weighted by Crippen LogP contribution is -2.30. The van der Waals surface area contributed by atoms with Gasteiger partial charge >= 0.3 is 6.18 Å². The SMILES string of the molecule is COc1ccc(CCNC(=O)COc2ccc3c(=O)c(-c4cccc5ccccc45)c(C(F)(F)F)oc3c2)cc1OC. The topological polar surface area (TPSA) is 87.0 Å². The normalized spacial score (nSPS) is 11.5. The molecule has 0 saturated heterocycles. The molecular weight excluding hydrogens is 551 g/mol. The van der Waals surface area contributed by atoms with Crippen molar-refractivity contribution in [1.29, 1.82) is 0 Å². The number of hydrogen-bond donors (Lipinski definition) is 1. The van der Waals surface area contributed by atoms with Gasteiger partial charge in [0.05, 0.1) is 25.2 Å². The van der Waals surface area contributed by atoms with Gasteiger partial charge in [0.1, 0.15) is 11.3 Å². The Morgan fingerprint density at radius 1 is 0.881 bits per heavy atom. The van der Waals surface area contributed by atoms with E-state index < -0.39 is 28.8 Å². The van der Waals surface area contributed by atoms with Gasteiger partial charge in [0.2, 0.25) is 11.2 Å². The van der Waals surface area contributed by atoms with Crippen LogP contribution in [0.5, 0.6) is 17.2 Å². The first-order valence-corrected chi connectivity index (χ1v) is 13.0. The van der Waals surface area contributed by atoms with Crippen LogP contribution in [-0.2, 0) is 17.4 Å². The van der Waals surface area contributed by atoms with Crippen LogP contribution in [0.1, 0.15) is 11.3 Å². The highest BCUT2D eigenvalue weighted by atomic mass is 19.4. The third-order valence-corrected chi connectivity index (χ3v) is 6.73. The molecule has 5 aromatic rings. The third kappa shape index (κ3) is 5.88. The van der Waals surface area contributed by atoms with Gasteiger partial charge in [-0.25, -0.2) is 0 Å². The van der Waals surface area contributed by atoms with E-state index in [0.29, 0.717) is 35.2 Å². The first-order valence-electron chi connectivity index (χ1n) is 13.0. The van der Waals surface area contributed by atoms with E-state index in [0.717, 1.165) is 5.56 Å². The largest absolute Gasteiger partial charge is 0.493 e. The highest BCUT2D eigenvalue weighted by Gasteiger charge is 2.39. The number of amides is 1. The van der Waals surface area contributed by atoms with Gasteiger partial charge < -0.3 is 23.9 Å². The van der Waals surface area contributed by atoms with E-state index in [-0.39, 0.29) is 28.9 Å². The molecule has 0 spiro atoms. The average Bonchev–Trinajstić information content (AvgIpc) is 2.99. The first kappa shape index (κ1) is 28.5. The smallest absolute Gasteiger partial charge is 0.450 e. The van der Waals surface area contributed by atoms with E-state index in [1.165, 1.54) is 31.4 Å². The first-order chi connectivity index (χ1) is 20.2. The van der Waals surface area contributed by atoms with E-state index in [9.17, 15) is 22.8 Å². The second-order valence-electron chi connectivity index (χ2n) is 9.40. The Balaban J connectivity index is 1.34. The summed E-state index contributed by atoms with van der Waals surface area (Å²) >= 11 is 0. The molecule has 0 fully saturated rings. The molecule has 0 aliphatic rings. The minimum atomic E-state index is -4.94. The van der Waals surface area contributed by atoms with Crippen molar-refractivity contribution in [3.05, 3.63) is 100 Å². The highest BCUT2D eigenvalue weighted by Crippen LogP contribution is 2.40. The van der Waals surface area contributed by atoms with Crippen molar-refractivity contribution in [3.63, 3.8) is 0 Å². The molecule has 0 aliphatic heterocycles. The predicted octanol–water partition coefficient (Wildman–Crippen LogP) is 6.39. The van der Waals surface area contributed by atoms with Crippen LogP contribution in [0.15, 0.2) is 88.1 Å². The fourth-order valence-corrected chi connectivity index (χ4v) is 4.73. The number of alkyl halides is 3. The summed E-state index contributed by atoms with van der Waals surface area (Å²) < 4.78 is 63.9. The van der Waals surface area contributed by atoms with E-state index in [1.54, 1.807) is 49.6 Å². The maximum atomic E-state index is 14.2. The van der Waals surface area contributed by atoms with Gasteiger partial charge in [0.15, 0.2) is 18.1 Å². The molecule has 0 unspecified atom stereocenters. The Morgan fingerprint density at radius 3 is 2.40 bits per heavy atom. The van der Waals surface area contributed by atoms with Gasteiger partial charge in [-0.15, -0.1) is 0 Å². The van der Waals surface area contributed by atoms with Crippen LogP contribution >= 0.6 is 0 Å². The minimum absolute atomic E-state index is 0.0438. The van der Waals surface area contributed by atoms with Crippen molar-refractivity contribution in [3.8, 4) is 28.4 Å². The molecule has 1 aromatic heterocycles. The molecule has 1 N–H and O–H groups in total. The third-order valence-electron chi connectivity index (χ3n) is 6.73. The quantitative estimate of drug-likeness (QED) is 0.219. The van der Waals surface area contributed by atoms with Gasteiger partial charge in [-0.2, -0.15) is 13.2 Å². The Kier molecular flexibility index (Phi) is 8.06. The van der Waals surface area contributed by atoms with Gasteiger partial charge in [-0.3, -0.25) is 9.59 Å². The summed E-state index contributed by atoms with van der Waals surface area (Å²) in [5.74, 6) is -0.588. The van der Waals surface area contributed by atoms with E-state index in [2.05, 4.69) is 5.32 Å². The second kappa shape index (κ2) is 11.9. The Bertz CT molecular complexity index is 1820. The summed E-state index contributed by atoms with van der Waals surface area (Å²) in [7, 11) is 3.08. The number of halogens is 3. The minimum Gasteiger partial charge on any atom is -0.493 e. The predicted molar refractivity (Wildman–Crippen MR) is 152 cm³/mol. The molecule has 4 aromatic carbocycles. The van der Waals surface area contributed by atoms with Crippen LogP contribution in [0.25, 0.3) is 32.9 Å². The fourth-order valence-electron chi connectivity index (χ4n) is 4.73. The van der Waals surface area contributed by atoms with Gasteiger partial charge in [0, 0.05) is 12.6 Å². The molecule has 7 nitrogen and oxygen atoms in total. The molecule has 1 amide bonds. The monoisotopic (exact) mass is 577 g/mol. The molecule has 42 heavy (non-hydrogen) atoms. The molecule has 0 aliphatic carbocycles. The summed E-state index contributed by atoms with van der Waals surface area (Å²) in [5, 5.41) is 3.86. The zero-order chi connectivity index (χ0) is 29.9. The molecule has 0 saturated carbocycles. The van der Waals surface area contributed by atoms with Crippen LogP contribution in [0, 0.1) is 0 Å². The van der Waals surface area contributed by atoms with Gasteiger partial charge in [0.25, 0.3) is 5.91 Å². The number of nitrogens with one attached hydrogen (secondary N) is 1. The molecule has 0 atom stereocenters. The number of fused-ring (bicyclic) bond motifs is 2. The highest BCUT2D eigenvalue weighted by molar-refractivity contribution is 5.98. The summed E-state index contributed by atoms with van der Waals surface area (Å²) in [6, 6.07) is 21.0. The van der Waals surface area contributed by atoms with Crippen LogP contribution in [-0.4, -0.2) is 33.3 Å². The molecule has 0 bridgehead atoms. The molecule has 10 heteroatoms. The van der Waals surface area contributed by atoms with E-state index >= 15 is 0 Å². The molecular formula is C32H26F3NO6. The molecule has 216 valence electrons.